The standard InChI is InChI=1S/C16H16F2N2O2/c1-11-5-7-12(8-6-11)22-10-9-19-16(21)20-15-13(17)3-2-4-14(15)18/h2-8H,9-10H2,1H3,(H2,19,20,21). The first-order chi connectivity index (χ1) is 10.6. The van der Waals surface area contributed by atoms with Crippen molar-refractivity contribution in [2.45, 2.75) is 6.92 Å². The number of benzene rings is 2. The summed E-state index contributed by atoms with van der Waals surface area (Å²) in [6.45, 7) is 2.42. The highest BCUT2D eigenvalue weighted by atomic mass is 19.1. The molecular weight excluding hydrogens is 290 g/mol. The third kappa shape index (κ3) is 4.44. The summed E-state index contributed by atoms with van der Waals surface area (Å²) in [7, 11) is 0. The van der Waals surface area contributed by atoms with Crippen molar-refractivity contribution in [2.75, 3.05) is 18.5 Å². The molecule has 0 aromatic heterocycles. The molecule has 0 saturated heterocycles. The quantitative estimate of drug-likeness (QED) is 0.831. The Hall–Kier alpha value is -2.63. The first-order valence-electron chi connectivity index (χ1n) is 6.74. The fourth-order valence-corrected chi connectivity index (χ4v) is 1.74. The second-order valence-corrected chi connectivity index (χ2v) is 4.64. The normalized spacial score (nSPS) is 10.1. The summed E-state index contributed by atoms with van der Waals surface area (Å²) in [5.74, 6) is -0.968. The predicted molar refractivity (Wildman–Crippen MR) is 80.1 cm³/mol. The van der Waals surface area contributed by atoms with Crippen LogP contribution in [0.4, 0.5) is 19.3 Å². The Morgan fingerprint density at radius 1 is 1.09 bits per heavy atom. The molecule has 0 fully saturated rings. The van der Waals surface area contributed by atoms with E-state index in [1.54, 1.807) is 0 Å². The second-order valence-electron chi connectivity index (χ2n) is 4.64. The van der Waals surface area contributed by atoms with Gasteiger partial charge in [-0.25, -0.2) is 13.6 Å². The van der Waals surface area contributed by atoms with Crippen molar-refractivity contribution in [2.24, 2.45) is 0 Å². The highest BCUT2D eigenvalue weighted by molar-refractivity contribution is 5.89. The molecule has 0 atom stereocenters. The van der Waals surface area contributed by atoms with Gasteiger partial charge in [-0.15, -0.1) is 0 Å². The number of amides is 2. The zero-order chi connectivity index (χ0) is 15.9. The molecule has 2 aromatic carbocycles. The summed E-state index contributed by atoms with van der Waals surface area (Å²) < 4.78 is 32.1. The number of carbonyl (C=O) groups is 1. The van der Waals surface area contributed by atoms with Gasteiger partial charge < -0.3 is 15.4 Å². The average molecular weight is 306 g/mol. The molecule has 0 saturated carbocycles. The van der Waals surface area contributed by atoms with Crippen LogP contribution in [0.25, 0.3) is 0 Å². The van der Waals surface area contributed by atoms with Crippen molar-refractivity contribution >= 4 is 11.7 Å². The number of rotatable bonds is 5. The number of halogens is 2. The number of nitrogens with one attached hydrogen (secondary N) is 2. The van der Waals surface area contributed by atoms with Gasteiger partial charge in [-0.1, -0.05) is 23.8 Å². The van der Waals surface area contributed by atoms with Crippen LogP contribution in [-0.2, 0) is 0 Å². The molecule has 0 unspecified atom stereocenters. The van der Waals surface area contributed by atoms with Crippen LogP contribution in [0, 0.1) is 18.6 Å². The van der Waals surface area contributed by atoms with E-state index < -0.39 is 23.4 Å². The zero-order valence-electron chi connectivity index (χ0n) is 12.0. The molecule has 2 N–H and O–H groups in total. The second kappa shape index (κ2) is 7.40. The lowest BCUT2D eigenvalue weighted by Gasteiger charge is -2.10. The number of hydrogen-bond acceptors (Lipinski definition) is 2. The highest BCUT2D eigenvalue weighted by Crippen LogP contribution is 2.17. The summed E-state index contributed by atoms with van der Waals surface area (Å²) in [5, 5.41) is 4.59. The lowest BCUT2D eigenvalue weighted by atomic mass is 10.2. The van der Waals surface area contributed by atoms with E-state index in [1.807, 2.05) is 31.2 Å². The van der Waals surface area contributed by atoms with Gasteiger partial charge >= 0.3 is 6.03 Å². The minimum Gasteiger partial charge on any atom is -0.492 e. The van der Waals surface area contributed by atoms with Gasteiger partial charge in [-0.2, -0.15) is 0 Å². The number of aryl methyl sites for hydroxylation is 1. The molecule has 0 heterocycles. The van der Waals surface area contributed by atoms with Crippen LogP contribution in [0.3, 0.4) is 0 Å². The molecule has 6 heteroatoms. The number of hydrogen-bond donors (Lipinski definition) is 2. The third-order valence-corrected chi connectivity index (χ3v) is 2.88. The van der Waals surface area contributed by atoms with Crippen molar-refractivity contribution in [3.8, 4) is 5.75 Å². The van der Waals surface area contributed by atoms with Crippen molar-refractivity contribution < 1.29 is 18.3 Å². The summed E-state index contributed by atoms with van der Waals surface area (Å²) in [5.41, 5.74) is 0.649. The van der Waals surface area contributed by atoms with Crippen molar-refractivity contribution in [3.05, 3.63) is 59.7 Å². The van der Waals surface area contributed by atoms with E-state index in [1.165, 1.54) is 6.07 Å². The van der Waals surface area contributed by atoms with Gasteiger partial charge in [0, 0.05) is 0 Å². The Morgan fingerprint density at radius 3 is 2.36 bits per heavy atom. The van der Waals surface area contributed by atoms with Gasteiger partial charge in [0.2, 0.25) is 0 Å². The molecular formula is C16H16F2N2O2. The minimum absolute atomic E-state index is 0.204. The fourth-order valence-electron chi connectivity index (χ4n) is 1.74. The van der Waals surface area contributed by atoms with Crippen LogP contribution in [-0.4, -0.2) is 19.2 Å². The van der Waals surface area contributed by atoms with Gasteiger partial charge in [-0.05, 0) is 31.2 Å². The maximum absolute atomic E-state index is 13.3. The average Bonchev–Trinajstić information content (AvgIpc) is 2.49. The lowest BCUT2D eigenvalue weighted by Crippen LogP contribution is -2.32. The van der Waals surface area contributed by atoms with Crippen LogP contribution in [0.5, 0.6) is 5.75 Å². The molecule has 0 aliphatic heterocycles. The van der Waals surface area contributed by atoms with Gasteiger partial charge in [0.05, 0.1) is 6.54 Å². The molecule has 2 aromatic rings. The van der Waals surface area contributed by atoms with E-state index in [2.05, 4.69) is 10.6 Å². The van der Waals surface area contributed by atoms with Crippen LogP contribution in [0.1, 0.15) is 5.56 Å². The molecule has 0 spiro atoms. The van der Waals surface area contributed by atoms with Crippen molar-refractivity contribution in [1.29, 1.82) is 0 Å². The minimum atomic E-state index is -0.828. The van der Waals surface area contributed by atoms with Crippen molar-refractivity contribution in [1.82, 2.24) is 5.32 Å². The molecule has 2 rings (SSSR count). The first-order valence-corrected chi connectivity index (χ1v) is 6.74. The Balaban J connectivity index is 1.75. The van der Waals surface area contributed by atoms with E-state index in [9.17, 15) is 13.6 Å². The first kappa shape index (κ1) is 15.8. The van der Waals surface area contributed by atoms with E-state index in [4.69, 9.17) is 4.74 Å². The number of anilines is 1. The fraction of sp³-hybridized carbons (Fsp3) is 0.188. The van der Waals surface area contributed by atoms with Crippen molar-refractivity contribution in [3.63, 3.8) is 0 Å². The summed E-state index contributed by atoms with van der Waals surface area (Å²) in [6, 6.07) is 10.1. The van der Waals surface area contributed by atoms with Crippen LogP contribution in [0.15, 0.2) is 42.5 Å². The molecule has 0 radical (unpaired) electrons. The van der Waals surface area contributed by atoms with E-state index >= 15 is 0 Å². The summed E-state index contributed by atoms with van der Waals surface area (Å²) >= 11 is 0. The SMILES string of the molecule is Cc1ccc(OCCNC(=O)Nc2c(F)cccc2F)cc1. The van der Waals surface area contributed by atoms with Crippen LogP contribution < -0.4 is 15.4 Å². The van der Waals surface area contributed by atoms with E-state index in [0.29, 0.717) is 5.75 Å². The monoisotopic (exact) mass is 306 g/mol. The summed E-state index contributed by atoms with van der Waals surface area (Å²) in [4.78, 5) is 11.6. The number of para-hydroxylation sites is 1. The van der Waals surface area contributed by atoms with E-state index in [-0.39, 0.29) is 13.2 Å². The maximum Gasteiger partial charge on any atom is 0.319 e. The molecule has 116 valence electrons. The maximum atomic E-state index is 13.3. The zero-order valence-corrected chi connectivity index (χ0v) is 12.0. The molecule has 0 aliphatic carbocycles. The largest absolute Gasteiger partial charge is 0.492 e. The number of carbonyl (C=O) groups excluding carboxylic acids is 1. The third-order valence-electron chi connectivity index (χ3n) is 2.88. The molecule has 4 nitrogen and oxygen atoms in total. The molecule has 2 amide bonds. The smallest absolute Gasteiger partial charge is 0.319 e. The lowest BCUT2D eigenvalue weighted by molar-refractivity contribution is 0.247. The van der Waals surface area contributed by atoms with Gasteiger partial charge in [0.1, 0.15) is 29.7 Å². The Labute approximate surface area is 127 Å². The number of urea groups is 1. The highest BCUT2D eigenvalue weighted by Gasteiger charge is 2.11. The Kier molecular flexibility index (Phi) is 5.30. The summed E-state index contributed by atoms with van der Waals surface area (Å²) in [6.07, 6.45) is 0. The Bertz CT molecular complexity index is 625. The van der Waals surface area contributed by atoms with Crippen LogP contribution in [0.2, 0.25) is 0 Å². The predicted octanol–water partition coefficient (Wildman–Crippen LogP) is 3.47. The Morgan fingerprint density at radius 2 is 1.73 bits per heavy atom. The van der Waals surface area contributed by atoms with Gasteiger partial charge in [0.15, 0.2) is 0 Å². The van der Waals surface area contributed by atoms with Gasteiger partial charge in [-0.3, -0.25) is 0 Å². The molecule has 22 heavy (non-hydrogen) atoms. The number of ether oxygens (including phenoxy) is 1. The van der Waals surface area contributed by atoms with E-state index in [0.717, 1.165) is 17.7 Å². The molecule has 0 bridgehead atoms. The molecule has 0 aliphatic rings. The van der Waals surface area contributed by atoms with Crippen LogP contribution >= 0.6 is 0 Å². The topological polar surface area (TPSA) is 50.4 Å². The van der Waals surface area contributed by atoms with Gasteiger partial charge in [0.25, 0.3) is 0 Å².